The Kier molecular flexibility index (Phi) is 5.10. The highest BCUT2D eigenvalue weighted by Crippen LogP contribution is 2.12. The van der Waals surface area contributed by atoms with Crippen molar-refractivity contribution in [1.82, 2.24) is 10.7 Å². The molecule has 1 aromatic rings. The quantitative estimate of drug-likeness (QED) is 0.504. The topological polar surface area (TPSA) is 45.7 Å². The second kappa shape index (κ2) is 6.82. The molecule has 0 saturated carbocycles. The molecule has 0 aliphatic carbocycles. The van der Waals surface area contributed by atoms with E-state index in [2.05, 4.69) is 28.8 Å². The molecule has 2 N–H and O–H groups in total. The second-order valence-corrected chi connectivity index (χ2v) is 5.89. The third-order valence-corrected chi connectivity index (χ3v) is 3.80. The normalized spacial score (nSPS) is 19.3. The van der Waals surface area contributed by atoms with Crippen LogP contribution >= 0.6 is 23.6 Å². The van der Waals surface area contributed by atoms with Gasteiger partial charge in [-0.15, -0.1) is 11.3 Å². The molecule has 6 heteroatoms. The molecule has 98 valence electrons. The Hall–Kier alpha value is -0.980. The van der Waals surface area contributed by atoms with Crippen LogP contribution in [0.15, 0.2) is 17.2 Å². The first kappa shape index (κ1) is 13.5. The van der Waals surface area contributed by atoms with Crippen LogP contribution in [0.5, 0.6) is 0 Å². The van der Waals surface area contributed by atoms with E-state index in [9.17, 15) is 0 Å². The predicted molar refractivity (Wildman–Crippen MR) is 79.4 cm³/mol. The second-order valence-electron chi connectivity index (χ2n) is 4.16. The molecule has 0 spiro atoms. The number of hydrazone groups is 1. The van der Waals surface area contributed by atoms with E-state index in [0.29, 0.717) is 5.11 Å². The minimum atomic E-state index is 0.286. The van der Waals surface area contributed by atoms with E-state index < -0.39 is 0 Å². The molecule has 0 amide bonds. The van der Waals surface area contributed by atoms with Gasteiger partial charge in [0.25, 0.3) is 0 Å². The van der Waals surface area contributed by atoms with Crippen molar-refractivity contribution in [2.45, 2.75) is 25.9 Å². The van der Waals surface area contributed by atoms with E-state index in [-0.39, 0.29) is 6.10 Å². The third-order valence-electron chi connectivity index (χ3n) is 2.63. The molecule has 0 radical (unpaired) electrons. The minimum absolute atomic E-state index is 0.286. The van der Waals surface area contributed by atoms with E-state index in [1.807, 2.05) is 6.07 Å². The van der Waals surface area contributed by atoms with Crippen LogP contribution < -0.4 is 10.7 Å². The summed E-state index contributed by atoms with van der Waals surface area (Å²) in [5.41, 5.74) is 2.81. The summed E-state index contributed by atoms with van der Waals surface area (Å²) in [5.74, 6) is 0. The number of hydrogen-bond acceptors (Lipinski definition) is 4. The number of rotatable bonds is 4. The molecule has 0 aromatic carbocycles. The zero-order valence-corrected chi connectivity index (χ0v) is 11.9. The summed E-state index contributed by atoms with van der Waals surface area (Å²) in [5, 5.41) is 7.73. The maximum Gasteiger partial charge on any atom is 0.187 e. The van der Waals surface area contributed by atoms with E-state index in [4.69, 9.17) is 17.0 Å². The van der Waals surface area contributed by atoms with Crippen molar-refractivity contribution >= 4 is 34.9 Å². The van der Waals surface area contributed by atoms with Crippen LogP contribution in [0.1, 0.15) is 22.6 Å². The predicted octanol–water partition coefficient (Wildman–Crippen LogP) is 2.03. The number of nitrogens with one attached hydrogen (secondary N) is 2. The summed E-state index contributed by atoms with van der Waals surface area (Å²) in [6, 6.07) is 4.11. The zero-order valence-electron chi connectivity index (χ0n) is 10.3. The van der Waals surface area contributed by atoms with Crippen LogP contribution in [0.4, 0.5) is 0 Å². The van der Waals surface area contributed by atoms with Crippen molar-refractivity contribution in [1.29, 1.82) is 0 Å². The van der Waals surface area contributed by atoms with Gasteiger partial charge in [0, 0.05) is 22.9 Å². The lowest BCUT2D eigenvalue weighted by Crippen LogP contribution is -2.37. The Morgan fingerprint density at radius 1 is 1.67 bits per heavy atom. The van der Waals surface area contributed by atoms with E-state index in [1.54, 1.807) is 17.6 Å². The smallest absolute Gasteiger partial charge is 0.187 e. The first-order valence-corrected chi connectivity index (χ1v) is 7.21. The first-order chi connectivity index (χ1) is 8.74. The lowest BCUT2D eigenvalue weighted by molar-refractivity contribution is 0.114. The van der Waals surface area contributed by atoms with Crippen LogP contribution in [0.25, 0.3) is 0 Å². The summed E-state index contributed by atoms with van der Waals surface area (Å²) in [6.45, 7) is 3.69. The van der Waals surface area contributed by atoms with Gasteiger partial charge in [0.15, 0.2) is 5.11 Å². The van der Waals surface area contributed by atoms with Gasteiger partial charge in [-0.2, -0.15) is 5.10 Å². The van der Waals surface area contributed by atoms with Crippen LogP contribution in [-0.4, -0.2) is 30.6 Å². The molecule has 1 saturated heterocycles. The lowest BCUT2D eigenvalue weighted by Gasteiger charge is -2.11. The summed E-state index contributed by atoms with van der Waals surface area (Å²) in [6.07, 6.45) is 4.31. The number of ether oxygens (including phenoxy) is 1. The number of nitrogens with zero attached hydrogens (tertiary/aromatic N) is 1. The van der Waals surface area contributed by atoms with E-state index in [1.165, 1.54) is 4.88 Å². The van der Waals surface area contributed by atoms with Gasteiger partial charge in [0.2, 0.25) is 0 Å². The number of hydrogen-bond donors (Lipinski definition) is 2. The summed E-state index contributed by atoms with van der Waals surface area (Å²) in [7, 11) is 0. The summed E-state index contributed by atoms with van der Waals surface area (Å²) >= 11 is 6.82. The molecule has 2 heterocycles. The van der Waals surface area contributed by atoms with Gasteiger partial charge in [-0.1, -0.05) is 0 Å². The maximum absolute atomic E-state index is 5.49. The molecule has 1 aliphatic rings. The van der Waals surface area contributed by atoms with E-state index in [0.717, 1.165) is 30.9 Å². The van der Waals surface area contributed by atoms with Crippen molar-refractivity contribution in [3.8, 4) is 0 Å². The Bertz CT molecular complexity index is 425. The van der Waals surface area contributed by atoms with Gasteiger partial charge < -0.3 is 10.1 Å². The number of aryl methyl sites for hydroxylation is 1. The highest BCUT2D eigenvalue weighted by molar-refractivity contribution is 7.80. The summed E-state index contributed by atoms with van der Waals surface area (Å²) < 4.78 is 5.49. The molecule has 2 rings (SSSR count). The molecule has 18 heavy (non-hydrogen) atoms. The van der Waals surface area contributed by atoms with Gasteiger partial charge in [-0.25, -0.2) is 0 Å². The van der Waals surface area contributed by atoms with Gasteiger partial charge in [0.05, 0.1) is 12.3 Å². The Balaban J connectivity index is 1.66. The van der Waals surface area contributed by atoms with Crippen molar-refractivity contribution in [2.75, 3.05) is 13.2 Å². The van der Waals surface area contributed by atoms with Gasteiger partial charge in [-0.05, 0) is 44.1 Å². The standard InChI is InChI=1S/C12H17N3OS2/c1-9-4-5-11(18-9)8-14-15-12(17)13-7-10-3-2-6-16-10/h4-5,8,10H,2-3,6-7H2,1H3,(H2,13,15,17)/b14-8+. The van der Waals surface area contributed by atoms with Crippen molar-refractivity contribution in [3.05, 3.63) is 21.9 Å². The molecular weight excluding hydrogens is 266 g/mol. The van der Waals surface area contributed by atoms with Crippen LogP contribution in [0.3, 0.4) is 0 Å². The fourth-order valence-electron chi connectivity index (χ4n) is 1.73. The molecule has 1 atom stereocenters. The van der Waals surface area contributed by atoms with Crippen molar-refractivity contribution in [2.24, 2.45) is 5.10 Å². The van der Waals surface area contributed by atoms with Crippen molar-refractivity contribution < 1.29 is 4.74 Å². The van der Waals surface area contributed by atoms with Crippen LogP contribution in [0, 0.1) is 6.92 Å². The monoisotopic (exact) mass is 283 g/mol. The molecular formula is C12H17N3OS2. The van der Waals surface area contributed by atoms with Gasteiger partial charge >= 0.3 is 0 Å². The molecule has 0 bridgehead atoms. The van der Waals surface area contributed by atoms with Crippen molar-refractivity contribution in [3.63, 3.8) is 0 Å². The number of thiocarbonyl (C=S) groups is 1. The molecule has 1 unspecified atom stereocenters. The average molecular weight is 283 g/mol. The van der Waals surface area contributed by atoms with E-state index >= 15 is 0 Å². The Morgan fingerprint density at radius 3 is 3.22 bits per heavy atom. The minimum Gasteiger partial charge on any atom is -0.376 e. The molecule has 1 aromatic heterocycles. The lowest BCUT2D eigenvalue weighted by atomic mass is 10.2. The molecule has 1 fully saturated rings. The largest absolute Gasteiger partial charge is 0.376 e. The third kappa shape index (κ3) is 4.36. The summed E-state index contributed by atoms with van der Waals surface area (Å²) in [4.78, 5) is 2.39. The highest BCUT2D eigenvalue weighted by Gasteiger charge is 2.14. The highest BCUT2D eigenvalue weighted by atomic mass is 32.1. The fraction of sp³-hybridized carbons (Fsp3) is 0.500. The zero-order chi connectivity index (χ0) is 12.8. The van der Waals surface area contributed by atoms with Gasteiger partial charge in [-0.3, -0.25) is 5.43 Å². The van der Waals surface area contributed by atoms with Crippen LogP contribution in [0.2, 0.25) is 0 Å². The van der Waals surface area contributed by atoms with Gasteiger partial charge in [0.1, 0.15) is 0 Å². The first-order valence-electron chi connectivity index (χ1n) is 5.99. The fourth-order valence-corrected chi connectivity index (χ4v) is 2.61. The Labute approximate surface area is 116 Å². The molecule has 4 nitrogen and oxygen atoms in total. The Morgan fingerprint density at radius 2 is 2.56 bits per heavy atom. The average Bonchev–Trinajstić information content (AvgIpc) is 2.98. The SMILES string of the molecule is Cc1ccc(/C=N/NC(=S)NCC2CCCO2)s1. The molecule has 1 aliphatic heterocycles. The maximum atomic E-state index is 5.49. The van der Waals surface area contributed by atoms with Crippen LogP contribution in [-0.2, 0) is 4.74 Å². The number of thiophene rings is 1.